The van der Waals surface area contributed by atoms with Gasteiger partial charge >= 0.3 is 0 Å². The minimum Gasteiger partial charge on any atom is -0.374 e. The van der Waals surface area contributed by atoms with Gasteiger partial charge in [-0.25, -0.2) is 0 Å². The molecule has 3 nitrogen and oxygen atoms in total. The summed E-state index contributed by atoms with van der Waals surface area (Å²) in [5, 5.41) is 0. The third kappa shape index (κ3) is 3.77. The van der Waals surface area contributed by atoms with Crippen molar-refractivity contribution in [3.63, 3.8) is 0 Å². The SMILES string of the molecule is CCOC1(C(N)Cc2ccccn2)CCCCCC1. The van der Waals surface area contributed by atoms with Gasteiger partial charge in [0.2, 0.25) is 0 Å². The number of hydrogen-bond donors (Lipinski definition) is 1. The average molecular weight is 262 g/mol. The molecule has 1 aromatic rings. The Bertz CT molecular complexity index is 358. The van der Waals surface area contributed by atoms with Crippen molar-refractivity contribution in [1.82, 2.24) is 4.98 Å². The van der Waals surface area contributed by atoms with Gasteiger partial charge in [-0.15, -0.1) is 0 Å². The normalized spacial score (nSPS) is 20.7. The summed E-state index contributed by atoms with van der Waals surface area (Å²) in [5.74, 6) is 0. The highest BCUT2D eigenvalue weighted by molar-refractivity contribution is 5.08. The minimum atomic E-state index is -0.136. The molecular weight excluding hydrogens is 236 g/mol. The van der Waals surface area contributed by atoms with Crippen LogP contribution in [0.2, 0.25) is 0 Å². The highest BCUT2D eigenvalue weighted by Crippen LogP contribution is 2.33. The average Bonchev–Trinajstić information content (AvgIpc) is 2.67. The van der Waals surface area contributed by atoms with Crippen molar-refractivity contribution in [1.29, 1.82) is 0 Å². The van der Waals surface area contributed by atoms with Gasteiger partial charge in [-0.3, -0.25) is 4.98 Å². The van der Waals surface area contributed by atoms with E-state index < -0.39 is 0 Å². The third-order valence-electron chi connectivity index (χ3n) is 4.21. The van der Waals surface area contributed by atoms with E-state index in [0.29, 0.717) is 0 Å². The molecule has 0 saturated heterocycles. The Morgan fingerprint density at radius 2 is 2.00 bits per heavy atom. The fourth-order valence-corrected chi connectivity index (χ4v) is 3.17. The number of hydrogen-bond acceptors (Lipinski definition) is 3. The summed E-state index contributed by atoms with van der Waals surface area (Å²) in [5.41, 5.74) is 7.44. The highest BCUT2D eigenvalue weighted by Gasteiger charge is 2.37. The number of ether oxygens (including phenoxy) is 1. The quantitative estimate of drug-likeness (QED) is 0.830. The number of pyridine rings is 1. The second kappa shape index (κ2) is 7.01. The number of nitrogens with two attached hydrogens (primary N) is 1. The van der Waals surface area contributed by atoms with E-state index in [1.165, 1.54) is 25.7 Å². The van der Waals surface area contributed by atoms with Crippen molar-refractivity contribution in [2.75, 3.05) is 6.61 Å². The van der Waals surface area contributed by atoms with Gasteiger partial charge in [0.25, 0.3) is 0 Å². The molecule has 0 amide bonds. The summed E-state index contributed by atoms with van der Waals surface area (Å²) in [4.78, 5) is 4.39. The molecule has 0 spiro atoms. The molecule has 1 aliphatic rings. The van der Waals surface area contributed by atoms with E-state index in [1.54, 1.807) is 0 Å². The maximum atomic E-state index is 6.51. The van der Waals surface area contributed by atoms with Gasteiger partial charge in [0, 0.05) is 31.0 Å². The molecule has 1 aliphatic carbocycles. The first kappa shape index (κ1) is 14.5. The van der Waals surface area contributed by atoms with E-state index in [-0.39, 0.29) is 11.6 Å². The molecule has 1 saturated carbocycles. The molecule has 1 unspecified atom stereocenters. The Hall–Kier alpha value is -0.930. The maximum Gasteiger partial charge on any atom is 0.0836 e. The van der Waals surface area contributed by atoms with Crippen LogP contribution in [-0.2, 0) is 11.2 Å². The maximum absolute atomic E-state index is 6.51. The second-order valence-electron chi connectivity index (χ2n) is 5.54. The fraction of sp³-hybridized carbons (Fsp3) is 0.688. The number of nitrogens with zero attached hydrogens (tertiary/aromatic N) is 1. The van der Waals surface area contributed by atoms with Crippen molar-refractivity contribution < 1.29 is 4.74 Å². The van der Waals surface area contributed by atoms with E-state index in [0.717, 1.165) is 31.6 Å². The van der Waals surface area contributed by atoms with E-state index in [2.05, 4.69) is 18.0 Å². The fourth-order valence-electron chi connectivity index (χ4n) is 3.17. The van der Waals surface area contributed by atoms with E-state index >= 15 is 0 Å². The van der Waals surface area contributed by atoms with Crippen molar-refractivity contribution in [2.45, 2.75) is 63.5 Å². The predicted molar refractivity (Wildman–Crippen MR) is 78.0 cm³/mol. The van der Waals surface area contributed by atoms with Crippen LogP contribution in [0.5, 0.6) is 0 Å². The molecule has 3 heteroatoms. The summed E-state index contributed by atoms with van der Waals surface area (Å²) < 4.78 is 6.13. The van der Waals surface area contributed by atoms with E-state index in [1.807, 2.05) is 18.3 Å². The lowest BCUT2D eigenvalue weighted by atomic mass is 9.84. The van der Waals surface area contributed by atoms with Crippen LogP contribution in [0.25, 0.3) is 0 Å². The summed E-state index contributed by atoms with van der Waals surface area (Å²) in [6, 6.07) is 6.06. The van der Waals surface area contributed by atoms with E-state index in [9.17, 15) is 0 Å². The van der Waals surface area contributed by atoms with Crippen LogP contribution in [0.3, 0.4) is 0 Å². The smallest absolute Gasteiger partial charge is 0.0836 e. The molecular formula is C16H26N2O. The zero-order chi connectivity index (χ0) is 13.6. The second-order valence-corrected chi connectivity index (χ2v) is 5.54. The molecule has 2 N–H and O–H groups in total. The number of aromatic nitrogens is 1. The Balaban J connectivity index is 2.08. The zero-order valence-electron chi connectivity index (χ0n) is 12.0. The molecule has 1 atom stereocenters. The zero-order valence-corrected chi connectivity index (χ0v) is 12.0. The minimum absolute atomic E-state index is 0.0421. The van der Waals surface area contributed by atoms with Gasteiger partial charge in [-0.1, -0.05) is 31.7 Å². The summed E-state index contributed by atoms with van der Waals surface area (Å²) in [7, 11) is 0. The Kier molecular flexibility index (Phi) is 5.34. The van der Waals surface area contributed by atoms with Crippen LogP contribution >= 0.6 is 0 Å². The molecule has 2 rings (SSSR count). The number of rotatable bonds is 5. The summed E-state index contributed by atoms with van der Waals surface area (Å²) in [6.07, 6.45) is 9.91. The molecule has 19 heavy (non-hydrogen) atoms. The van der Waals surface area contributed by atoms with Gasteiger partial charge < -0.3 is 10.5 Å². The lowest BCUT2D eigenvalue weighted by molar-refractivity contribution is -0.0685. The van der Waals surface area contributed by atoms with Gasteiger partial charge in [0.15, 0.2) is 0 Å². The topological polar surface area (TPSA) is 48.1 Å². The van der Waals surface area contributed by atoms with Crippen molar-refractivity contribution in [3.05, 3.63) is 30.1 Å². The van der Waals surface area contributed by atoms with Crippen LogP contribution in [-0.4, -0.2) is 23.2 Å². The Morgan fingerprint density at radius 1 is 1.26 bits per heavy atom. The van der Waals surface area contributed by atoms with Crippen LogP contribution in [0.15, 0.2) is 24.4 Å². The van der Waals surface area contributed by atoms with Crippen molar-refractivity contribution in [2.24, 2.45) is 5.73 Å². The molecule has 0 radical (unpaired) electrons. The van der Waals surface area contributed by atoms with Crippen molar-refractivity contribution in [3.8, 4) is 0 Å². The van der Waals surface area contributed by atoms with E-state index in [4.69, 9.17) is 10.5 Å². The first-order valence-corrected chi connectivity index (χ1v) is 7.56. The lowest BCUT2D eigenvalue weighted by Gasteiger charge is -2.38. The largest absolute Gasteiger partial charge is 0.374 e. The Labute approximate surface area is 116 Å². The molecule has 0 bridgehead atoms. The van der Waals surface area contributed by atoms with Gasteiger partial charge in [-0.05, 0) is 31.9 Å². The van der Waals surface area contributed by atoms with Gasteiger partial charge in [-0.2, -0.15) is 0 Å². The third-order valence-corrected chi connectivity index (χ3v) is 4.21. The standard InChI is InChI=1S/C16H26N2O/c1-2-19-16(10-6-3-4-7-11-16)15(17)13-14-9-5-8-12-18-14/h5,8-9,12,15H,2-4,6-7,10-11,13,17H2,1H3. The van der Waals surface area contributed by atoms with Crippen LogP contribution in [0.4, 0.5) is 0 Å². The first-order valence-electron chi connectivity index (χ1n) is 7.56. The summed E-state index contributed by atoms with van der Waals surface area (Å²) >= 11 is 0. The first-order chi connectivity index (χ1) is 9.27. The van der Waals surface area contributed by atoms with Gasteiger partial charge in [0.1, 0.15) is 0 Å². The van der Waals surface area contributed by atoms with Crippen molar-refractivity contribution >= 4 is 0 Å². The molecule has 1 fully saturated rings. The van der Waals surface area contributed by atoms with Crippen LogP contribution in [0, 0.1) is 0 Å². The Morgan fingerprint density at radius 3 is 2.58 bits per heavy atom. The highest BCUT2D eigenvalue weighted by atomic mass is 16.5. The van der Waals surface area contributed by atoms with Crippen LogP contribution < -0.4 is 5.73 Å². The predicted octanol–water partition coefficient (Wildman–Crippen LogP) is 3.08. The summed E-state index contributed by atoms with van der Waals surface area (Å²) in [6.45, 7) is 2.82. The monoisotopic (exact) mass is 262 g/mol. The van der Waals surface area contributed by atoms with Crippen LogP contribution in [0.1, 0.15) is 51.1 Å². The lowest BCUT2D eigenvalue weighted by Crippen LogP contribution is -2.51. The molecule has 1 aromatic heterocycles. The molecule has 0 aliphatic heterocycles. The molecule has 1 heterocycles. The molecule has 0 aromatic carbocycles. The van der Waals surface area contributed by atoms with Gasteiger partial charge in [0.05, 0.1) is 5.60 Å². The molecule has 106 valence electrons.